The Hall–Kier alpha value is -2.85. The molecule has 1 saturated heterocycles. The van der Waals surface area contributed by atoms with E-state index in [1.54, 1.807) is 6.07 Å². The summed E-state index contributed by atoms with van der Waals surface area (Å²) in [6.07, 6.45) is 6.17. The minimum Gasteiger partial charge on any atom is -0.482 e. The maximum atomic E-state index is 12.7. The second-order valence-electron chi connectivity index (χ2n) is 8.24. The smallest absolute Gasteiger partial charge is 0.311 e. The molecule has 10 heteroatoms. The van der Waals surface area contributed by atoms with Crippen LogP contribution in [0, 0.1) is 33.8 Å². The van der Waals surface area contributed by atoms with Crippen LogP contribution in [-0.2, 0) is 16.2 Å². The van der Waals surface area contributed by atoms with Crippen molar-refractivity contribution in [3.63, 3.8) is 0 Å². The van der Waals surface area contributed by atoms with Crippen molar-refractivity contribution in [3.8, 4) is 5.75 Å². The second kappa shape index (κ2) is 8.49. The fourth-order valence-electron chi connectivity index (χ4n) is 4.80. The highest BCUT2D eigenvalue weighted by molar-refractivity contribution is 9.11. The zero-order valence-corrected chi connectivity index (χ0v) is 20.2. The number of rotatable bonds is 6. The van der Waals surface area contributed by atoms with Crippen molar-refractivity contribution in [2.75, 3.05) is 0 Å². The van der Waals surface area contributed by atoms with E-state index in [0.29, 0.717) is 5.56 Å². The van der Waals surface area contributed by atoms with Crippen LogP contribution in [0.3, 0.4) is 0 Å². The molecule has 2 bridgehead atoms. The summed E-state index contributed by atoms with van der Waals surface area (Å²) in [6.45, 7) is 0.137. The number of hydrogen-bond donors (Lipinski definition) is 0. The number of fused-ring (bicyclic) bond motifs is 5. The Kier molecular flexibility index (Phi) is 5.65. The van der Waals surface area contributed by atoms with E-state index in [0.717, 1.165) is 25.9 Å². The van der Waals surface area contributed by atoms with Gasteiger partial charge in [0, 0.05) is 26.1 Å². The number of carbonyl (C=O) groups is 2. The lowest BCUT2D eigenvalue weighted by Crippen LogP contribution is -2.28. The second-order valence-corrected chi connectivity index (χ2v) is 10.0. The number of carbonyl (C=O) groups excluding carboxylic acids is 2. The van der Waals surface area contributed by atoms with Gasteiger partial charge in [-0.2, -0.15) is 10.1 Å². The number of halogens is 2. The van der Waals surface area contributed by atoms with Crippen LogP contribution in [0.25, 0.3) is 0 Å². The van der Waals surface area contributed by atoms with Crippen molar-refractivity contribution >= 4 is 55.6 Å². The fraction of sp³-hybridized carbons (Fsp3) is 0.261. The third-order valence-electron chi connectivity index (χ3n) is 6.35. The first-order chi connectivity index (χ1) is 15.8. The number of nitrogens with zero attached hydrogens (tertiary/aromatic N) is 3. The van der Waals surface area contributed by atoms with Crippen molar-refractivity contribution in [1.82, 2.24) is 5.01 Å². The van der Waals surface area contributed by atoms with E-state index < -0.39 is 4.92 Å². The molecule has 4 atom stereocenters. The first-order valence-electron chi connectivity index (χ1n) is 10.3. The number of amides is 2. The molecular formula is C23H17Br2N3O5. The monoisotopic (exact) mass is 573 g/mol. The summed E-state index contributed by atoms with van der Waals surface area (Å²) in [5.41, 5.74) is 0.987. The third-order valence-corrected chi connectivity index (χ3v) is 7.58. The highest BCUT2D eigenvalue weighted by atomic mass is 79.9. The molecular weight excluding hydrogens is 558 g/mol. The molecule has 168 valence electrons. The zero-order valence-electron chi connectivity index (χ0n) is 17.1. The maximum absolute atomic E-state index is 12.7. The Morgan fingerprint density at radius 3 is 2.42 bits per heavy atom. The number of hydrazone groups is 1. The molecule has 3 aliphatic rings. The molecule has 33 heavy (non-hydrogen) atoms. The van der Waals surface area contributed by atoms with Crippen molar-refractivity contribution in [2.45, 2.75) is 13.0 Å². The number of nitro groups is 1. The molecule has 0 spiro atoms. The van der Waals surface area contributed by atoms with Crippen molar-refractivity contribution in [1.29, 1.82) is 0 Å². The molecule has 2 amide bonds. The molecule has 0 N–H and O–H groups in total. The lowest BCUT2D eigenvalue weighted by Gasteiger charge is -2.13. The van der Waals surface area contributed by atoms with E-state index in [-0.39, 0.29) is 53.5 Å². The zero-order chi connectivity index (χ0) is 23.3. The highest BCUT2D eigenvalue weighted by Gasteiger charge is 2.59. The van der Waals surface area contributed by atoms with Gasteiger partial charge in [0.2, 0.25) is 0 Å². The van der Waals surface area contributed by atoms with E-state index in [1.165, 1.54) is 18.3 Å². The number of allylic oxidation sites excluding steroid dienone is 2. The van der Waals surface area contributed by atoms with Gasteiger partial charge in [0.1, 0.15) is 6.61 Å². The molecule has 2 aliphatic carbocycles. The van der Waals surface area contributed by atoms with Gasteiger partial charge >= 0.3 is 5.69 Å². The largest absolute Gasteiger partial charge is 0.482 e. The molecule has 5 rings (SSSR count). The van der Waals surface area contributed by atoms with Crippen LogP contribution in [0.1, 0.15) is 17.5 Å². The summed E-state index contributed by atoms with van der Waals surface area (Å²) in [7, 11) is 0. The molecule has 0 radical (unpaired) electrons. The van der Waals surface area contributed by atoms with E-state index >= 15 is 0 Å². The lowest BCUT2D eigenvalue weighted by molar-refractivity contribution is -0.385. The molecule has 1 heterocycles. The topological polar surface area (TPSA) is 102 Å². The predicted molar refractivity (Wildman–Crippen MR) is 126 cm³/mol. The van der Waals surface area contributed by atoms with Gasteiger partial charge in [-0.05, 0) is 42.5 Å². The van der Waals surface area contributed by atoms with Crippen molar-refractivity contribution < 1.29 is 19.2 Å². The number of imide groups is 1. The predicted octanol–water partition coefficient (Wildman–Crippen LogP) is 4.84. The Morgan fingerprint density at radius 1 is 1.09 bits per heavy atom. The number of nitro benzene ring substituents is 1. The Balaban J connectivity index is 1.33. The normalized spacial score (nSPS) is 25.3. The molecule has 8 nitrogen and oxygen atoms in total. The van der Waals surface area contributed by atoms with Crippen LogP contribution in [0.4, 0.5) is 5.69 Å². The summed E-state index contributed by atoms with van der Waals surface area (Å²) in [5.74, 6) is -0.974. The fourth-order valence-corrected chi connectivity index (χ4v) is 5.96. The highest BCUT2D eigenvalue weighted by Crippen LogP contribution is 2.52. The number of benzene rings is 2. The average molecular weight is 575 g/mol. The van der Waals surface area contributed by atoms with E-state index in [4.69, 9.17) is 4.74 Å². The molecule has 2 aromatic rings. The van der Waals surface area contributed by atoms with Gasteiger partial charge in [0.15, 0.2) is 5.75 Å². The van der Waals surface area contributed by atoms with Crippen LogP contribution in [-0.4, -0.2) is 28.0 Å². The summed E-state index contributed by atoms with van der Waals surface area (Å²) >= 11 is 6.83. The number of ether oxygens (including phenoxy) is 1. The van der Waals surface area contributed by atoms with Crippen LogP contribution < -0.4 is 4.74 Å². The summed E-state index contributed by atoms with van der Waals surface area (Å²) in [5, 5.41) is 16.6. The molecule has 0 unspecified atom stereocenters. The van der Waals surface area contributed by atoms with Gasteiger partial charge in [-0.1, -0.05) is 50.1 Å². The van der Waals surface area contributed by atoms with Crippen LogP contribution in [0.5, 0.6) is 5.75 Å². The molecule has 1 saturated carbocycles. The Morgan fingerprint density at radius 2 is 1.79 bits per heavy atom. The van der Waals surface area contributed by atoms with Crippen LogP contribution in [0.2, 0.25) is 0 Å². The minimum absolute atomic E-state index is 0.0972. The molecule has 0 aromatic heterocycles. The SMILES string of the molecule is O=C1[C@@H]2[C@H](C(=O)N1N=Cc1ccc(OCc3ccc(Br)cc3Br)c([N+](=O)[O-])c1)[C@H]1C=C[C@H]2C1. The van der Waals surface area contributed by atoms with Crippen LogP contribution >= 0.6 is 31.9 Å². The van der Waals surface area contributed by atoms with Gasteiger partial charge in [-0.15, -0.1) is 0 Å². The quantitative estimate of drug-likeness (QED) is 0.161. The first kappa shape index (κ1) is 22.0. The molecule has 2 fully saturated rings. The van der Waals surface area contributed by atoms with E-state index in [1.807, 2.05) is 30.4 Å². The Bertz CT molecular complexity index is 1210. The van der Waals surface area contributed by atoms with Gasteiger partial charge in [0.05, 0.1) is 23.0 Å². The summed E-state index contributed by atoms with van der Waals surface area (Å²) in [6, 6.07) is 9.96. The van der Waals surface area contributed by atoms with Gasteiger partial charge in [-0.25, -0.2) is 0 Å². The van der Waals surface area contributed by atoms with E-state index in [2.05, 4.69) is 37.0 Å². The average Bonchev–Trinajstić information content (AvgIpc) is 3.46. The summed E-state index contributed by atoms with van der Waals surface area (Å²) < 4.78 is 7.41. The molecule has 1 aliphatic heterocycles. The molecule has 2 aromatic carbocycles. The Labute approximate surface area is 205 Å². The third kappa shape index (κ3) is 3.91. The first-order valence-corrected chi connectivity index (χ1v) is 11.9. The van der Waals surface area contributed by atoms with Gasteiger partial charge in [-0.3, -0.25) is 19.7 Å². The maximum Gasteiger partial charge on any atom is 0.311 e. The summed E-state index contributed by atoms with van der Waals surface area (Å²) in [4.78, 5) is 36.5. The van der Waals surface area contributed by atoms with Crippen molar-refractivity contribution in [3.05, 3.63) is 78.7 Å². The van der Waals surface area contributed by atoms with Crippen molar-refractivity contribution in [2.24, 2.45) is 28.8 Å². The minimum atomic E-state index is -0.538. The van der Waals surface area contributed by atoms with Gasteiger partial charge in [0.25, 0.3) is 11.8 Å². The standard InChI is InChI=1S/C23H17Br2N3O5/c24-16-5-4-15(17(25)9-16)11-33-19-6-1-12(7-18(19)28(31)32)10-26-27-22(29)20-13-2-3-14(8-13)21(20)23(27)30/h1-7,9-10,13-14,20-21H,8,11H2/t13-,14-,20-,21+/m0/s1. The van der Waals surface area contributed by atoms with Gasteiger partial charge < -0.3 is 4.74 Å². The lowest BCUT2D eigenvalue weighted by atomic mass is 9.85. The van der Waals surface area contributed by atoms with Crippen LogP contribution in [0.15, 0.2) is 62.6 Å². The van der Waals surface area contributed by atoms with E-state index in [9.17, 15) is 19.7 Å². The number of hydrogen-bond acceptors (Lipinski definition) is 6.